The molecule has 1 aromatic heterocycles. The van der Waals surface area contributed by atoms with Crippen LogP contribution in [-0.4, -0.2) is 17.6 Å². The largest absolute Gasteiger partial charge is 0.386 e. The molecule has 1 aromatic carbocycles. The Morgan fingerprint density at radius 1 is 1.43 bits per heavy atom. The van der Waals surface area contributed by atoms with E-state index in [1.807, 2.05) is 30.3 Å². The molecule has 3 nitrogen and oxygen atoms in total. The lowest BCUT2D eigenvalue weighted by Crippen LogP contribution is -2.29. The molecule has 110 valence electrons. The highest BCUT2D eigenvalue weighted by atomic mass is 32.1. The molecule has 0 saturated heterocycles. The maximum absolute atomic E-state index is 11.9. The van der Waals surface area contributed by atoms with Crippen LogP contribution in [0.5, 0.6) is 0 Å². The lowest BCUT2D eigenvalue weighted by Gasteiger charge is -2.12. The zero-order valence-electron chi connectivity index (χ0n) is 11.8. The molecule has 3 rings (SSSR count). The van der Waals surface area contributed by atoms with Crippen molar-refractivity contribution in [2.45, 2.75) is 25.4 Å². The lowest BCUT2D eigenvalue weighted by molar-refractivity contribution is -0.122. The molecule has 2 N–H and O–H groups in total. The molecular formula is C17H19NO2S. The Balaban J connectivity index is 1.54. The van der Waals surface area contributed by atoms with Crippen molar-refractivity contribution in [3.63, 3.8) is 0 Å². The van der Waals surface area contributed by atoms with E-state index in [1.54, 1.807) is 11.3 Å². The van der Waals surface area contributed by atoms with Gasteiger partial charge in [0.25, 0.3) is 0 Å². The SMILES string of the molecule is O=C(CC1C=CCC1)NCC(O)c1cc2ccccc2s1. The maximum Gasteiger partial charge on any atom is 0.220 e. The normalized spacial score (nSPS) is 19.0. The number of nitrogens with one attached hydrogen (secondary N) is 1. The second-order valence-corrected chi connectivity index (χ2v) is 6.59. The number of aliphatic hydroxyl groups is 1. The van der Waals surface area contributed by atoms with Crippen LogP contribution in [0.1, 0.15) is 30.2 Å². The van der Waals surface area contributed by atoms with Crippen molar-refractivity contribution in [2.24, 2.45) is 5.92 Å². The Labute approximate surface area is 128 Å². The van der Waals surface area contributed by atoms with Crippen molar-refractivity contribution < 1.29 is 9.90 Å². The number of aliphatic hydroxyl groups excluding tert-OH is 1. The number of rotatable bonds is 5. The zero-order chi connectivity index (χ0) is 14.7. The number of fused-ring (bicyclic) bond motifs is 1. The Morgan fingerprint density at radius 3 is 3.05 bits per heavy atom. The number of benzene rings is 1. The summed E-state index contributed by atoms with van der Waals surface area (Å²) in [5, 5.41) is 14.2. The Morgan fingerprint density at radius 2 is 2.29 bits per heavy atom. The van der Waals surface area contributed by atoms with Gasteiger partial charge in [-0.15, -0.1) is 11.3 Å². The summed E-state index contributed by atoms with van der Waals surface area (Å²) in [5.74, 6) is 0.387. The minimum Gasteiger partial charge on any atom is -0.386 e. The second kappa shape index (κ2) is 6.41. The van der Waals surface area contributed by atoms with E-state index in [9.17, 15) is 9.90 Å². The lowest BCUT2D eigenvalue weighted by atomic mass is 10.1. The number of thiophene rings is 1. The van der Waals surface area contributed by atoms with Crippen LogP contribution in [0.25, 0.3) is 10.1 Å². The fourth-order valence-corrected chi connectivity index (χ4v) is 3.70. The van der Waals surface area contributed by atoms with E-state index in [0.717, 1.165) is 27.8 Å². The van der Waals surface area contributed by atoms with Gasteiger partial charge in [-0.2, -0.15) is 0 Å². The Bertz CT molecular complexity index is 629. The van der Waals surface area contributed by atoms with Gasteiger partial charge in [-0.05, 0) is 36.3 Å². The molecule has 21 heavy (non-hydrogen) atoms. The van der Waals surface area contributed by atoms with Gasteiger partial charge in [0.15, 0.2) is 0 Å². The molecule has 1 aliphatic rings. The Kier molecular flexibility index (Phi) is 4.36. The number of hydrogen-bond acceptors (Lipinski definition) is 3. The maximum atomic E-state index is 11.9. The van der Waals surface area contributed by atoms with E-state index >= 15 is 0 Å². The van der Waals surface area contributed by atoms with Gasteiger partial charge in [0.2, 0.25) is 5.91 Å². The predicted molar refractivity (Wildman–Crippen MR) is 86.3 cm³/mol. The first kappa shape index (κ1) is 14.3. The second-order valence-electron chi connectivity index (χ2n) is 5.48. The summed E-state index contributed by atoms with van der Waals surface area (Å²) < 4.78 is 1.16. The monoisotopic (exact) mass is 301 g/mol. The summed E-state index contributed by atoms with van der Waals surface area (Å²) in [7, 11) is 0. The van der Waals surface area contributed by atoms with Gasteiger partial charge in [0, 0.05) is 22.5 Å². The highest BCUT2D eigenvalue weighted by molar-refractivity contribution is 7.19. The molecule has 1 heterocycles. The van der Waals surface area contributed by atoms with Crippen LogP contribution in [0.15, 0.2) is 42.5 Å². The van der Waals surface area contributed by atoms with Gasteiger partial charge >= 0.3 is 0 Å². The van der Waals surface area contributed by atoms with E-state index in [2.05, 4.69) is 17.5 Å². The van der Waals surface area contributed by atoms with Crippen LogP contribution in [0.4, 0.5) is 0 Å². The van der Waals surface area contributed by atoms with Crippen LogP contribution < -0.4 is 5.32 Å². The van der Waals surface area contributed by atoms with Gasteiger partial charge in [-0.25, -0.2) is 0 Å². The molecule has 0 bridgehead atoms. The molecule has 2 atom stereocenters. The minimum atomic E-state index is -0.634. The van der Waals surface area contributed by atoms with Crippen LogP contribution in [0, 0.1) is 5.92 Å². The van der Waals surface area contributed by atoms with Crippen molar-refractivity contribution in [3.05, 3.63) is 47.4 Å². The average molecular weight is 301 g/mol. The van der Waals surface area contributed by atoms with E-state index in [1.165, 1.54) is 0 Å². The molecule has 2 unspecified atom stereocenters. The van der Waals surface area contributed by atoms with Crippen LogP contribution in [0.3, 0.4) is 0 Å². The molecule has 0 fully saturated rings. The standard InChI is InChI=1S/C17H19NO2S/c19-14(11-18-17(20)9-12-5-1-2-6-12)16-10-13-7-3-4-8-15(13)21-16/h1,3-5,7-8,10,12,14,19H,2,6,9,11H2,(H,18,20). The van der Waals surface area contributed by atoms with Crippen molar-refractivity contribution in [2.75, 3.05) is 6.54 Å². The summed E-state index contributed by atoms with van der Waals surface area (Å²) in [6.07, 6.45) is 6.27. The van der Waals surface area contributed by atoms with Gasteiger partial charge in [0.05, 0.1) is 0 Å². The Hall–Kier alpha value is -1.65. The quantitative estimate of drug-likeness (QED) is 0.832. The van der Waals surface area contributed by atoms with Crippen molar-refractivity contribution >= 4 is 27.3 Å². The van der Waals surface area contributed by atoms with Crippen molar-refractivity contribution in [1.29, 1.82) is 0 Å². The van der Waals surface area contributed by atoms with E-state index in [4.69, 9.17) is 0 Å². The summed E-state index contributed by atoms with van der Waals surface area (Å²) in [4.78, 5) is 12.8. The molecule has 0 aliphatic heterocycles. The molecular weight excluding hydrogens is 282 g/mol. The first-order chi connectivity index (χ1) is 10.2. The molecule has 2 aromatic rings. The fraction of sp³-hybridized carbons (Fsp3) is 0.353. The third-order valence-electron chi connectivity index (χ3n) is 3.83. The number of carbonyl (C=O) groups excluding carboxylic acids is 1. The molecule has 0 saturated carbocycles. The number of carbonyl (C=O) groups is 1. The number of amides is 1. The molecule has 4 heteroatoms. The topological polar surface area (TPSA) is 49.3 Å². The summed E-state index contributed by atoms with van der Waals surface area (Å²) in [6.45, 7) is 0.280. The minimum absolute atomic E-state index is 0.0201. The highest BCUT2D eigenvalue weighted by Crippen LogP contribution is 2.29. The van der Waals surface area contributed by atoms with Gasteiger partial charge in [-0.3, -0.25) is 4.79 Å². The van der Waals surface area contributed by atoms with Gasteiger partial charge in [-0.1, -0.05) is 30.4 Å². The number of allylic oxidation sites excluding steroid dienone is 2. The van der Waals surface area contributed by atoms with Gasteiger partial charge in [0.1, 0.15) is 6.10 Å². The average Bonchev–Trinajstić information content (AvgIpc) is 3.13. The third-order valence-corrected chi connectivity index (χ3v) is 5.04. The predicted octanol–water partition coefficient (Wildman–Crippen LogP) is 3.41. The van der Waals surface area contributed by atoms with Crippen LogP contribution in [0.2, 0.25) is 0 Å². The van der Waals surface area contributed by atoms with Gasteiger partial charge < -0.3 is 10.4 Å². The van der Waals surface area contributed by atoms with Crippen LogP contribution in [-0.2, 0) is 4.79 Å². The van der Waals surface area contributed by atoms with Crippen LogP contribution >= 0.6 is 11.3 Å². The molecule has 0 spiro atoms. The fourth-order valence-electron chi connectivity index (χ4n) is 2.65. The molecule has 1 aliphatic carbocycles. The summed E-state index contributed by atoms with van der Waals surface area (Å²) in [6, 6.07) is 10.1. The first-order valence-electron chi connectivity index (χ1n) is 7.32. The summed E-state index contributed by atoms with van der Waals surface area (Å²) in [5.41, 5.74) is 0. The highest BCUT2D eigenvalue weighted by Gasteiger charge is 2.16. The smallest absolute Gasteiger partial charge is 0.220 e. The summed E-state index contributed by atoms with van der Waals surface area (Å²) >= 11 is 1.58. The molecule has 1 amide bonds. The molecule has 0 radical (unpaired) electrons. The third kappa shape index (κ3) is 3.52. The number of hydrogen-bond donors (Lipinski definition) is 2. The zero-order valence-corrected chi connectivity index (χ0v) is 12.6. The first-order valence-corrected chi connectivity index (χ1v) is 8.14. The van der Waals surface area contributed by atoms with E-state index in [-0.39, 0.29) is 12.5 Å². The van der Waals surface area contributed by atoms with Crippen molar-refractivity contribution in [3.8, 4) is 0 Å². The van der Waals surface area contributed by atoms with E-state index < -0.39 is 6.10 Å². The van der Waals surface area contributed by atoms with Crippen molar-refractivity contribution in [1.82, 2.24) is 5.32 Å². The van der Waals surface area contributed by atoms with E-state index in [0.29, 0.717) is 12.3 Å².